The zero-order valence-electron chi connectivity index (χ0n) is 10.9. The summed E-state index contributed by atoms with van der Waals surface area (Å²) >= 11 is 0. The lowest BCUT2D eigenvalue weighted by Crippen LogP contribution is -2.25. The van der Waals surface area contributed by atoms with Gasteiger partial charge in [-0.15, -0.1) is 0 Å². The first-order valence-electron chi connectivity index (χ1n) is 6.42. The summed E-state index contributed by atoms with van der Waals surface area (Å²) in [6.07, 6.45) is 0.323. The molecule has 2 N–H and O–H groups in total. The number of fused-ring (bicyclic) bond motifs is 1. The molecule has 0 aromatic heterocycles. The fourth-order valence-electron chi connectivity index (χ4n) is 2.48. The molecule has 0 aliphatic carbocycles. The summed E-state index contributed by atoms with van der Waals surface area (Å²) in [6, 6.07) is 15.0. The summed E-state index contributed by atoms with van der Waals surface area (Å²) in [6.45, 7) is 0.544. The van der Waals surface area contributed by atoms with E-state index < -0.39 is 5.91 Å². The number of hydrogen-bond donors (Lipinski definition) is 1. The zero-order valence-corrected chi connectivity index (χ0v) is 10.9. The molecule has 0 saturated heterocycles. The van der Waals surface area contributed by atoms with Crippen LogP contribution in [0.4, 0.5) is 5.69 Å². The van der Waals surface area contributed by atoms with Crippen molar-refractivity contribution in [1.82, 2.24) is 0 Å². The Morgan fingerprint density at radius 2 is 1.90 bits per heavy atom. The molecule has 0 saturated carbocycles. The highest BCUT2D eigenvalue weighted by molar-refractivity contribution is 6.03. The Labute approximate surface area is 116 Å². The second-order valence-corrected chi connectivity index (χ2v) is 4.85. The van der Waals surface area contributed by atoms with Crippen LogP contribution in [0.15, 0.2) is 48.5 Å². The van der Waals surface area contributed by atoms with Gasteiger partial charge in [0.05, 0.1) is 13.0 Å². The van der Waals surface area contributed by atoms with Crippen LogP contribution in [0, 0.1) is 0 Å². The van der Waals surface area contributed by atoms with Crippen molar-refractivity contribution in [3.8, 4) is 0 Å². The maximum absolute atomic E-state index is 12.1. The predicted octanol–water partition coefficient (Wildman–Crippen LogP) is 1.87. The van der Waals surface area contributed by atoms with Gasteiger partial charge in [-0.25, -0.2) is 0 Å². The topological polar surface area (TPSA) is 63.4 Å². The summed E-state index contributed by atoms with van der Waals surface area (Å²) in [5, 5.41) is 0. The van der Waals surface area contributed by atoms with E-state index in [9.17, 15) is 9.59 Å². The molecular weight excluding hydrogens is 252 g/mol. The Balaban J connectivity index is 1.92. The quantitative estimate of drug-likeness (QED) is 0.921. The lowest BCUT2D eigenvalue weighted by Gasteiger charge is -2.17. The first-order valence-corrected chi connectivity index (χ1v) is 6.42. The van der Waals surface area contributed by atoms with Gasteiger partial charge in [0.1, 0.15) is 0 Å². The summed E-state index contributed by atoms with van der Waals surface area (Å²) in [7, 11) is 0. The average molecular weight is 266 g/mol. The second kappa shape index (κ2) is 4.81. The van der Waals surface area contributed by atoms with Crippen LogP contribution in [0.2, 0.25) is 0 Å². The molecule has 0 fully saturated rings. The van der Waals surface area contributed by atoms with Crippen LogP contribution < -0.4 is 10.6 Å². The highest BCUT2D eigenvalue weighted by Crippen LogP contribution is 2.31. The summed E-state index contributed by atoms with van der Waals surface area (Å²) in [5.74, 6) is -0.424. The smallest absolute Gasteiger partial charge is 0.248 e. The van der Waals surface area contributed by atoms with Gasteiger partial charge in [0.15, 0.2) is 0 Å². The lowest BCUT2D eigenvalue weighted by atomic mass is 10.1. The minimum absolute atomic E-state index is 0.0467. The number of hydrogen-bond acceptors (Lipinski definition) is 2. The van der Waals surface area contributed by atoms with Gasteiger partial charge in [-0.2, -0.15) is 0 Å². The highest BCUT2D eigenvalue weighted by atomic mass is 16.2. The van der Waals surface area contributed by atoms with Crippen LogP contribution in [0.3, 0.4) is 0 Å². The summed E-state index contributed by atoms with van der Waals surface area (Å²) in [5.41, 5.74) is 8.51. The van der Waals surface area contributed by atoms with E-state index in [-0.39, 0.29) is 5.91 Å². The number of amides is 2. The molecule has 2 amide bonds. The Kier molecular flexibility index (Phi) is 2.99. The monoisotopic (exact) mass is 266 g/mol. The van der Waals surface area contributed by atoms with Crippen molar-refractivity contribution < 1.29 is 9.59 Å². The maximum Gasteiger partial charge on any atom is 0.248 e. The molecule has 2 aromatic carbocycles. The van der Waals surface area contributed by atoms with E-state index in [1.165, 1.54) is 0 Å². The number of rotatable bonds is 3. The highest BCUT2D eigenvalue weighted by Gasteiger charge is 2.27. The Morgan fingerprint density at radius 1 is 1.15 bits per heavy atom. The van der Waals surface area contributed by atoms with Gasteiger partial charge in [0.25, 0.3) is 0 Å². The van der Waals surface area contributed by atoms with Crippen molar-refractivity contribution in [2.75, 3.05) is 4.90 Å². The second-order valence-electron chi connectivity index (χ2n) is 4.85. The van der Waals surface area contributed by atoms with Crippen LogP contribution in [0.5, 0.6) is 0 Å². The lowest BCUT2D eigenvalue weighted by molar-refractivity contribution is -0.117. The van der Waals surface area contributed by atoms with Crippen LogP contribution in [0.25, 0.3) is 0 Å². The standard InChI is InChI=1S/C16H14N2O2/c17-16(20)12-6-7-14-13(8-12)9-15(19)18(14)10-11-4-2-1-3-5-11/h1-8H,9-10H2,(H2,17,20). The Bertz CT molecular complexity index is 680. The normalized spacial score (nSPS) is 13.4. The SMILES string of the molecule is NC(=O)c1ccc2c(c1)CC(=O)N2Cc1ccccc1. The molecule has 1 aliphatic rings. The van der Waals surface area contributed by atoms with Crippen LogP contribution in [-0.4, -0.2) is 11.8 Å². The minimum Gasteiger partial charge on any atom is -0.366 e. The van der Waals surface area contributed by atoms with E-state index in [4.69, 9.17) is 5.73 Å². The van der Waals surface area contributed by atoms with Crippen molar-refractivity contribution in [2.24, 2.45) is 5.73 Å². The third kappa shape index (κ3) is 2.16. The first-order chi connectivity index (χ1) is 9.65. The molecule has 0 radical (unpaired) electrons. The van der Waals surface area contributed by atoms with E-state index >= 15 is 0 Å². The molecule has 1 heterocycles. The van der Waals surface area contributed by atoms with Crippen molar-refractivity contribution in [1.29, 1.82) is 0 Å². The Morgan fingerprint density at radius 3 is 2.60 bits per heavy atom. The molecule has 4 heteroatoms. The molecule has 0 bridgehead atoms. The fraction of sp³-hybridized carbons (Fsp3) is 0.125. The maximum atomic E-state index is 12.1. The van der Waals surface area contributed by atoms with Crippen LogP contribution >= 0.6 is 0 Å². The van der Waals surface area contributed by atoms with Crippen molar-refractivity contribution in [3.05, 3.63) is 65.2 Å². The van der Waals surface area contributed by atoms with Crippen molar-refractivity contribution in [3.63, 3.8) is 0 Å². The van der Waals surface area contributed by atoms with Crippen molar-refractivity contribution in [2.45, 2.75) is 13.0 Å². The number of benzene rings is 2. The number of carbonyl (C=O) groups is 2. The number of nitrogens with two attached hydrogens (primary N) is 1. The molecular formula is C16H14N2O2. The van der Waals surface area contributed by atoms with Gasteiger partial charge in [-0.3, -0.25) is 9.59 Å². The molecule has 0 atom stereocenters. The van der Waals surface area contributed by atoms with E-state index in [2.05, 4.69) is 0 Å². The zero-order chi connectivity index (χ0) is 14.1. The van der Waals surface area contributed by atoms with Gasteiger partial charge in [0.2, 0.25) is 11.8 Å². The summed E-state index contributed by atoms with van der Waals surface area (Å²) in [4.78, 5) is 25.1. The fourth-order valence-corrected chi connectivity index (χ4v) is 2.48. The largest absolute Gasteiger partial charge is 0.366 e. The number of carbonyl (C=O) groups excluding carboxylic acids is 2. The Hall–Kier alpha value is -2.62. The van der Waals surface area contributed by atoms with Gasteiger partial charge in [-0.1, -0.05) is 30.3 Å². The minimum atomic E-state index is -0.471. The van der Waals surface area contributed by atoms with E-state index in [1.54, 1.807) is 23.1 Å². The third-order valence-electron chi connectivity index (χ3n) is 3.48. The van der Waals surface area contributed by atoms with Gasteiger partial charge in [-0.05, 0) is 29.3 Å². The van der Waals surface area contributed by atoms with Gasteiger partial charge >= 0.3 is 0 Å². The number of anilines is 1. The van der Waals surface area contributed by atoms with Crippen molar-refractivity contribution >= 4 is 17.5 Å². The molecule has 2 aromatic rings. The summed E-state index contributed by atoms with van der Waals surface area (Å²) < 4.78 is 0. The van der Waals surface area contributed by atoms with Gasteiger partial charge in [0, 0.05) is 11.3 Å². The molecule has 0 spiro atoms. The van der Waals surface area contributed by atoms with Crippen LogP contribution in [-0.2, 0) is 17.8 Å². The predicted molar refractivity (Wildman–Crippen MR) is 76.3 cm³/mol. The molecule has 4 nitrogen and oxygen atoms in total. The van der Waals surface area contributed by atoms with Gasteiger partial charge < -0.3 is 10.6 Å². The number of primary amides is 1. The third-order valence-corrected chi connectivity index (χ3v) is 3.48. The molecule has 100 valence electrons. The molecule has 1 aliphatic heterocycles. The van der Waals surface area contributed by atoms with E-state index in [0.717, 1.165) is 16.8 Å². The molecule has 3 rings (SSSR count). The first kappa shape index (κ1) is 12.4. The molecule has 0 unspecified atom stereocenters. The van der Waals surface area contributed by atoms with E-state index in [1.807, 2.05) is 30.3 Å². The average Bonchev–Trinajstić information content (AvgIpc) is 2.75. The van der Waals surface area contributed by atoms with Crippen LogP contribution in [0.1, 0.15) is 21.5 Å². The number of nitrogens with zero attached hydrogens (tertiary/aromatic N) is 1. The van der Waals surface area contributed by atoms with E-state index in [0.29, 0.717) is 18.5 Å². The molecule has 20 heavy (non-hydrogen) atoms.